The van der Waals surface area contributed by atoms with Crippen LogP contribution in [-0.4, -0.2) is 12.0 Å². The van der Waals surface area contributed by atoms with Gasteiger partial charge in [-0.25, -0.2) is 4.98 Å². The summed E-state index contributed by atoms with van der Waals surface area (Å²) in [7, 11) is 2.04. The van der Waals surface area contributed by atoms with Crippen molar-refractivity contribution in [3.05, 3.63) is 40.2 Å². The van der Waals surface area contributed by atoms with Gasteiger partial charge in [-0.3, -0.25) is 0 Å². The molecule has 2 aromatic rings. The van der Waals surface area contributed by atoms with Gasteiger partial charge in [0.05, 0.1) is 11.9 Å². The maximum Gasteiger partial charge on any atom is 0.128 e. The van der Waals surface area contributed by atoms with Gasteiger partial charge >= 0.3 is 0 Å². The van der Waals surface area contributed by atoms with Crippen LogP contribution in [0.4, 0.5) is 11.5 Å². The average molecular weight is 233 g/mol. The number of hydrogen-bond acceptors (Lipinski definition) is 4. The highest BCUT2D eigenvalue weighted by molar-refractivity contribution is 7.07. The lowest BCUT2D eigenvalue weighted by molar-refractivity contribution is 0.900. The molecule has 2 aromatic heterocycles. The molecule has 0 bridgehead atoms. The molecular weight excluding hydrogens is 218 g/mol. The van der Waals surface area contributed by atoms with Gasteiger partial charge in [0, 0.05) is 13.6 Å². The maximum absolute atomic E-state index is 5.75. The first-order valence-electron chi connectivity index (χ1n) is 5.11. The zero-order chi connectivity index (χ0) is 11.5. The van der Waals surface area contributed by atoms with Crippen molar-refractivity contribution >= 4 is 22.8 Å². The molecule has 2 N–H and O–H groups in total. The molecule has 2 rings (SSSR count). The van der Waals surface area contributed by atoms with E-state index in [4.69, 9.17) is 5.73 Å². The van der Waals surface area contributed by atoms with Crippen LogP contribution in [0, 0.1) is 6.92 Å². The summed E-state index contributed by atoms with van der Waals surface area (Å²) in [5, 5.41) is 4.24. The molecule has 4 heteroatoms. The van der Waals surface area contributed by atoms with Crippen LogP contribution in [-0.2, 0) is 6.54 Å². The lowest BCUT2D eigenvalue weighted by Crippen LogP contribution is -2.17. The largest absolute Gasteiger partial charge is 0.397 e. The summed E-state index contributed by atoms with van der Waals surface area (Å²) in [6.07, 6.45) is 1.72. The van der Waals surface area contributed by atoms with Crippen LogP contribution < -0.4 is 10.6 Å². The number of aryl methyl sites for hydroxylation is 1. The Bertz CT molecular complexity index is 465. The van der Waals surface area contributed by atoms with Gasteiger partial charge in [0.2, 0.25) is 0 Å². The zero-order valence-electron chi connectivity index (χ0n) is 9.47. The van der Waals surface area contributed by atoms with Gasteiger partial charge in [-0.2, -0.15) is 11.3 Å². The SMILES string of the molecule is Cc1cc(N(C)Cc2ccsc2)ncc1N. The molecule has 0 aliphatic heterocycles. The Balaban J connectivity index is 2.14. The topological polar surface area (TPSA) is 42.2 Å². The van der Waals surface area contributed by atoms with Crippen molar-refractivity contribution < 1.29 is 0 Å². The fourth-order valence-corrected chi connectivity index (χ4v) is 2.16. The van der Waals surface area contributed by atoms with Crippen molar-refractivity contribution in [3.63, 3.8) is 0 Å². The molecule has 0 spiro atoms. The minimum atomic E-state index is 0.743. The van der Waals surface area contributed by atoms with E-state index in [0.717, 1.165) is 23.6 Å². The second kappa shape index (κ2) is 4.53. The molecule has 16 heavy (non-hydrogen) atoms. The van der Waals surface area contributed by atoms with Gasteiger partial charge in [0.15, 0.2) is 0 Å². The second-order valence-corrected chi connectivity index (χ2v) is 4.67. The summed E-state index contributed by atoms with van der Waals surface area (Å²) < 4.78 is 0. The molecule has 0 fully saturated rings. The maximum atomic E-state index is 5.75. The van der Waals surface area contributed by atoms with Crippen molar-refractivity contribution in [1.29, 1.82) is 0 Å². The first kappa shape index (κ1) is 11.0. The van der Waals surface area contributed by atoms with E-state index >= 15 is 0 Å². The monoisotopic (exact) mass is 233 g/mol. The van der Waals surface area contributed by atoms with Gasteiger partial charge in [-0.05, 0) is 40.9 Å². The Kier molecular flexibility index (Phi) is 3.10. The van der Waals surface area contributed by atoms with Gasteiger partial charge in [0.25, 0.3) is 0 Å². The van der Waals surface area contributed by atoms with E-state index in [9.17, 15) is 0 Å². The third-order valence-electron chi connectivity index (χ3n) is 2.53. The van der Waals surface area contributed by atoms with Crippen molar-refractivity contribution in [1.82, 2.24) is 4.98 Å². The lowest BCUT2D eigenvalue weighted by atomic mass is 10.2. The number of anilines is 2. The minimum Gasteiger partial charge on any atom is -0.397 e. The number of hydrogen-bond donors (Lipinski definition) is 1. The Morgan fingerprint density at radius 3 is 2.94 bits per heavy atom. The van der Waals surface area contributed by atoms with E-state index in [1.807, 2.05) is 20.0 Å². The normalized spacial score (nSPS) is 10.4. The van der Waals surface area contributed by atoms with E-state index in [0.29, 0.717) is 0 Å². The number of pyridine rings is 1. The summed E-state index contributed by atoms with van der Waals surface area (Å²) in [6.45, 7) is 2.87. The Labute approximate surface area is 99.5 Å². The highest BCUT2D eigenvalue weighted by atomic mass is 32.1. The number of aromatic nitrogens is 1. The molecule has 0 amide bonds. The molecule has 0 atom stereocenters. The molecule has 0 unspecified atom stereocenters. The van der Waals surface area contributed by atoms with Gasteiger partial charge in [-0.15, -0.1) is 0 Å². The first-order valence-corrected chi connectivity index (χ1v) is 6.05. The molecule has 0 saturated carbocycles. The Morgan fingerprint density at radius 1 is 1.50 bits per heavy atom. The van der Waals surface area contributed by atoms with Crippen LogP contribution in [0.3, 0.4) is 0 Å². The van der Waals surface area contributed by atoms with E-state index in [-0.39, 0.29) is 0 Å². The third kappa shape index (κ3) is 2.33. The van der Waals surface area contributed by atoms with E-state index < -0.39 is 0 Å². The molecule has 0 saturated heterocycles. The van der Waals surface area contributed by atoms with Crippen molar-refractivity contribution in [2.24, 2.45) is 0 Å². The van der Waals surface area contributed by atoms with Crippen LogP contribution in [0.1, 0.15) is 11.1 Å². The van der Waals surface area contributed by atoms with Crippen LogP contribution in [0.2, 0.25) is 0 Å². The molecule has 0 aliphatic rings. The highest BCUT2D eigenvalue weighted by Crippen LogP contribution is 2.18. The summed E-state index contributed by atoms with van der Waals surface area (Å²) >= 11 is 1.72. The smallest absolute Gasteiger partial charge is 0.128 e. The molecular formula is C12H15N3S. The number of nitrogens with zero attached hydrogens (tertiary/aromatic N) is 2. The van der Waals surface area contributed by atoms with E-state index in [1.165, 1.54) is 5.56 Å². The standard InChI is InChI=1S/C12H15N3S/c1-9-5-12(14-6-11(9)13)15(2)7-10-3-4-16-8-10/h3-6,8H,7,13H2,1-2H3. The Hall–Kier alpha value is -1.55. The fourth-order valence-electron chi connectivity index (χ4n) is 1.50. The number of nitrogens with two attached hydrogens (primary N) is 1. The Morgan fingerprint density at radius 2 is 2.31 bits per heavy atom. The minimum absolute atomic E-state index is 0.743. The van der Waals surface area contributed by atoms with Gasteiger partial charge in [-0.1, -0.05) is 0 Å². The zero-order valence-corrected chi connectivity index (χ0v) is 10.3. The molecule has 0 aromatic carbocycles. The molecule has 0 radical (unpaired) electrons. The van der Waals surface area contributed by atoms with Gasteiger partial charge in [0.1, 0.15) is 5.82 Å². The van der Waals surface area contributed by atoms with Crippen LogP contribution >= 0.6 is 11.3 Å². The summed E-state index contributed by atoms with van der Waals surface area (Å²) in [5.74, 6) is 0.956. The third-order valence-corrected chi connectivity index (χ3v) is 3.26. The van der Waals surface area contributed by atoms with Crippen molar-refractivity contribution in [2.45, 2.75) is 13.5 Å². The molecule has 0 aliphatic carbocycles. The van der Waals surface area contributed by atoms with Crippen molar-refractivity contribution in [2.75, 3.05) is 17.7 Å². The van der Waals surface area contributed by atoms with Crippen LogP contribution in [0.25, 0.3) is 0 Å². The summed E-state index contributed by atoms with van der Waals surface area (Å²) in [4.78, 5) is 6.44. The lowest BCUT2D eigenvalue weighted by Gasteiger charge is -2.18. The number of rotatable bonds is 3. The quantitative estimate of drug-likeness (QED) is 0.886. The summed E-state index contributed by atoms with van der Waals surface area (Å²) in [5.41, 5.74) is 8.87. The van der Waals surface area contributed by atoms with E-state index in [2.05, 4.69) is 26.7 Å². The summed E-state index contributed by atoms with van der Waals surface area (Å²) in [6, 6.07) is 4.15. The molecule has 2 heterocycles. The van der Waals surface area contributed by atoms with Gasteiger partial charge < -0.3 is 10.6 Å². The molecule has 3 nitrogen and oxygen atoms in total. The van der Waals surface area contributed by atoms with Crippen LogP contribution in [0.5, 0.6) is 0 Å². The van der Waals surface area contributed by atoms with Crippen LogP contribution in [0.15, 0.2) is 29.1 Å². The predicted octanol–water partition coefficient (Wildman–Crippen LogP) is 2.67. The molecule has 84 valence electrons. The van der Waals surface area contributed by atoms with E-state index in [1.54, 1.807) is 17.5 Å². The second-order valence-electron chi connectivity index (χ2n) is 3.89. The number of thiophene rings is 1. The fraction of sp³-hybridized carbons (Fsp3) is 0.250. The first-order chi connectivity index (χ1) is 7.66. The average Bonchev–Trinajstić information content (AvgIpc) is 2.74. The van der Waals surface area contributed by atoms with Crippen molar-refractivity contribution in [3.8, 4) is 0 Å². The highest BCUT2D eigenvalue weighted by Gasteiger charge is 2.05. The predicted molar refractivity (Wildman–Crippen MR) is 69.8 cm³/mol. The number of nitrogen functional groups attached to an aromatic ring is 1.